The molecule has 1 unspecified atom stereocenters. The highest BCUT2D eigenvalue weighted by Gasteiger charge is 2.13. The van der Waals surface area contributed by atoms with Gasteiger partial charge < -0.3 is 15.3 Å². The van der Waals surface area contributed by atoms with Crippen molar-refractivity contribution in [2.24, 2.45) is 5.92 Å². The molecule has 108 valence electrons. The Hall–Kier alpha value is -1.06. The number of nitrogens with zero attached hydrogens (tertiary/aromatic N) is 1. The molecule has 19 heavy (non-hydrogen) atoms. The topological polar surface area (TPSA) is 35.5 Å². The normalized spacial score (nSPS) is 13.2. The van der Waals surface area contributed by atoms with E-state index in [1.54, 1.807) is 6.07 Å². The van der Waals surface area contributed by atoms with Crippen LogP contribution >= 0.6 is 0 Å². The fraction of sp³-hybridized carbons (Fsp3) is 0.625. The van der Waals surface area contributed by atoms with Crippen molar-refractivity contribution < 1.29 is 5.11 Å². The molecule has 0 radical (unpaired) electrons. The fourth-order valence-corrected chi connectivity index (χ4v) is 2.25. The van der Waals surface area contributed by atoms with Gasteiger partial charge in [0.05, 0.1) is 0 Å². The van der Waals surface area contributed by atoms with Gasteiger partial charge in [0.25, 0.3) is 0 Å². The Balaban J connectivity index is 2.49. The number of likely N-dealkylation sites (N-methyl/N-ethyl adjacent to an activating group) is 1. The summed E-state index contributed by atoms with van der Waals surface area (Å²) >= 11 is 0. The summed E-state index contributed by atoms with van der Waals surface area (Å²) in [4.78, 5) is 2.27. The molecule has 1 aromatic rings. The van der Waals surface area contributed by atoms with Gasteiger partial charge in [0.1, 0.15) is 5.75 Å². The lowest BCUT2D eigenvalue weighted by Gasteiger charge is -2.26. The molecule has 0 spiro atoms. The van der Waals surface area contributed by atoms with E-state index in [1.165, 1.54) is 12.0 Å². The van der Waals surface area contributed by atoms with E-state index in [0.717, 1.165) is 18.7 Å². The zero-order valence-corrected chi connectivity index (χ0v) is 12.9. The minimum absolute atomic E-state index is 0.378. The van der Waals surface area contributed by atoms with E-state index in [4.69, 9.17) is 0 Å². The van der Waals surface area contributed by atoms with E-state index < -0.39 is 0 Å². The molecule has 0 aliphatic heterocycles. The lowest BCUT2D eigenvalue weighted by molar-refractivity contribution is 0.246. The molecule has 0 aromatic heterocycles. The Morgan fingerprint density at radius 3 is 2.53 bits per heavy atom. The Morgan fingerprint density at radius 1 is 1.26 bits per heavy atom. The van der Waals surface area contributed by atoms with Crippen molar-refractivity contribution in [3.8, 4) is 5.75 Å². The van der Waals surface area contributed by atoms with Crippen molar-refractivity contribution in [1.82, 2.24) is 10.2 Å². The van der Waals surface area contributed by atoms with Gasteiger partial charge in [-0.1, -0.05) is 31.5 Å². The van der Waals surface area contributed by atoms with Gasteiger partial charge in [-0.15, -0.1) is 0 Å². The van der Waals surface area contributed by atoms with E-state index in [0.29, 0.717) is 17.7 Å². The number of aromatic hydroxyl groups is 1. The van der Waals surface area contributed by atoms with Crippen molar-refractivity contribution in [2.45, 2.75) is 39.8 Å². The molecule has 0 saturated carbocycles. The molecule has 2 N–H and O–H groups in total. The highest BCUT2D eigenvalue weighted by molar-refractivity contribution is 5.35. The molecule has 1 rings (SSSR count). The number of rotatable bonds is 7. The smallest absolute Gasteiger partial charge is 0.120 e. The Morgan fingerprint density at radius 2 is 1.95 bits per heavy atom. The molecule has 0 amide bonds. The molecule has 0 aliphatic carbocycles. The van der Waals surface area contributed by atoms with Crippen molar-refractivity contribution >= 4 is 0 Å². The number of aryl methyl sites for hydroxylation is 1. The quantitative estimate of drug-likeness (QED) is 0.795. The Labute approximate surface area is 117 Å². The second-order valence-electron chi connectivity index (χ2n) is 6.01. The average Bonchev–Trinajstić information content (AvgIpc) is 2.31. The van der Waals surface area contributed by atoms with Crippen molar-refractivity contribution in [2.75, 3.05) is 20.6 Å². The number of hydrogen-bond donors (Lipinski definition) is 2. The first kappa shape index (κ1) is 16.0. The summed E-state index contributed by atoms with van der Waals surface area (Å²) in [6.07, 6.45) is 1.18. The SMILES string of the molecule is Cc1ccc(O)c(CNCC(CC(C)C)N(C)C)c1. The van der Waals surface area contributed by atoms with E-state index in [2.05, 4.69) is 38.2 Å². The number of hydrogen-bond acceptors (Lipinski definition) is 3. The maximum atomic E-state index is 9.80. The third-order valence-electron chi connectivity index (χ3n) is 3.40. The average molecular weight is 264 g/mol. The number of phenolic OH excluding ortho intramolecular Hbond substituents is 1. The molecule has 0 aliphatic rings. The monoisotopic (exact) mass is 264 g/mol. The van der Waals surface area contributed by atoms with Gasteiger partial charge in [0, 0.05) is 24.7 Å². The zero-order valence-electron chi connectivity index (χ0n) is 12.9. The van der Waals surface area contributed by atoms with Crippen LogP contribution in [0.15, 0.2) is 18.2 Å². The summed E-state index contributed by atoms with van der Waals surface area (Å²) in [6, 6.07) is 6.27. The van der Waals surface area contributed by atoms with E-state index >= 15 is 0 Å². The predicted octanol–water partition coefficient (Wildman–Crippen LogP) is 2.77. The van der Waals surface area contributed by atoms with Crippen LogP contribution < -0.4 is 5.32 Å². The molecular formula is C16H28N2O. The summed E-state index contributed by atoms with van der Waals surface area (Å²) in [5.74, 6) is 1.07. The van der Waals surface area contributed by atoms with Crippen LogP contribution in [0.1, 0.15) is 31.4 Å². The van der Waals surface area contributed by atoms with Gasteiger partial charge in [0.2, 0.25) is 0 Å². The third-order valence-corrected chi connectivity index (χ3v) is 3.40. The third kappa shape index (κ3) is 5.62. The molecular weight excluding hydrogens is 236 g/mol. The van der Waals surface area contributed by atoms with E-state index in [9.17, 15) is 5.11 Å². The highest BCUT2D eigenvalue weighted by atomic mass is 16.3. The van der Waals surface area contributed by atoms with Gasteiger partial charge in [-0.3, -0.25) is 0 Å². The summed E-state index contributed by atoms with van der Waals surface area (Å²) in [7, 11) is 4.25. The lowest BCUT2D eigenvalue weighted by Crippen LogP contribution is -2.38. The van der Waals surface area contributed by atoms with Gasteiger partial charge in [-0.05, 0) is 39.4 Å². The molecule has 3 heteroatoms. The lowest BCUT2D eigenvalue weighted by atomic mass is 10.0. The van der Waals surface area contributed by atoms with Crippen molar-refractivity contribution in [3.05, 3.63) is 29.3 Å². The summed E-state index contributed by atoms with van der Waals surface area (Å²) in [5.41, 5.74) is 2.16. The summed E-state index contributed by atoms with van der Waals surface area (Å²) in [6.45, 7) is 8.21. The van der Waals surface area contributed by atoms with E-state index in [1.807, 2.05) is 19.1 Å². The van der Waals surface area contributed by atoms with Crippen molar-refractivity contribution in [3.63, 3.8) is 0 Å². The summed E-state index contributed by atoms with van der Waals surface area (Å²) < 4.78 is 0. The van der Waals surface area contributed by atoms with Crippen molar-refractivity contribution in [1.29, 1.82) is 0 Å². The predicted molar refractivity (Wildman–Crippen MR) is 81.5 cm³/mol. The number of benzene rings is 1. The highest BCUT2D eigenvalue weighted by Crippen LogP contribution is 2.18. The second-order valence-corrected chi connectivity index (χ2v) is 6.01. The first-order valence-corrected chi connectivity index (χ1v) is 7.05. The molecule has 0 heterocycles. The van der Waals surface area contributed by atoms with Crippen LogP contribution in [0, 0.1) is 12.8 Å². The van der Waals surface area contributed by atoms with Crippen LogP contribution in [0.25, 0.3) is 0 Å². The van der Waals surface area contributed by atoms with Crippen LogP contribution in [0.2, 0.25) is 0 Å². The maximum Gasteiger partial charge on any atom is 0.120 e. The van der Waals surface area contributed by atoms with Gasteiger partial charge in [-0.2, -0.15) is 0 Å². The largest absolute Gasteiger partial charge is 0.508 e. The maximum absolute atomic E-state index is 9.80. The van der Waals surface area contributed by atoms with Gasteiger partial charge in [-0.25, -0.2) is 0 Å². The molecule has 1 aromatic carbocycles. The standard InChI is InChI=1S/C16H28N2O/c1-12(2)8-15(18(4)5)11-17-10-14-9-13(3)6-7-16(14)19/h6-7,9,12,15,17,19H,8,10-11H2,1-5H3. The minimum atomic E-state index is 0.378. The molecule has 0 fully saturated rings. The van der Waals surface area contributed by atoms with Gasteiger partial charge >= 0.3 is 0 Å². The first-order chi connectivity index (χ1) is 8.90. The van der Waals surface area contributed by atoms with Crippen LogP contribution in [0.5, 0.6) is 5.75 Å². The first-order valence-electron chi connectivity index (χ1n) is 7.05. The molecule has 1 atom stereocenters. The molecule has 3 nitrogen and oxygen atoms in total. The van der Waals surface area contributed by atoms with Crippen LogP contribution in [-0.2, 0) is 6.54 Å². The summed E-state index contributed by atoms with van der Waals surface area (Å²) in [5, 5.41) is 13.3. The Bertz CT molecular complexity index is 388. The molecule has 0 bridgehead atoms. The van der Waals surface area contributed by atoms with Crippen LogP contribution in [0.4, 0.5) is 0 Å². The second kappa shape index (κ2) is 7.51. The number of phenols is 1. The number of nitrogens with one attached hydrogen (secondary N) is 1. The van der Waals surface area contributed by atoms with Gasteiger partial charge in [0.15, 0.2) is 0 Å². The molecule has 0 saturated heterocycles. The van der Waals surface area contributed by atoms with Crippen LogP contribution in [-0.4, -0.2) is 36.7 Å². The Kier molecular flexibility index (Phi) is 6.32. The minimum Gasteiger partial charge on any atom is -0.508 e. The fourth-order valence-electron chi connectivity index (χ4n) is 2.25. The zero-order chi connectivity index (χ0) is 14.4. The van der Waals surface area contributed by atoms with E-state index in [-0.39, 0.29) is 0 Å². The van der Waals surface area contributed by atoms with Crippen LogP contribution in [0.3, 0.4) is 0 Å².